The second-order valence-corrected chi connectivity index (χ2v) is 5.21. The molecule has 3 atom stereocenters. The lowest BCUT2D eigenvalue weighted by molar-refractivity contribution is -0.139. The number of hydrogen-bond acceptors (Lipinski definition) is 3. The summed E-state index contributed by atoms with van der Waals surface area (Å²) < 4.78 is 0. The second-order valence-electron chi connectivity index (χ2n) is 4.13. The molecule has 3 unspecified atom stereocenters. The molecule has 4 heteroatoms. The predicted molar refractivity (Wildman–Crippen MR) is 64.4 cm³/mol. The molecule has 3 nitrogen and oxygen atoms in total. The Morgan fingerprint density at radius 1 is 1.53 bits per heavy atom. The molecule has 0 saturated heterocycles. The summed E-state index contributed by atoms with van der Waals surface area (Å²) in [7, 11) is 0. The lowest BCUT2D eigenvalue weighted by Gasteiger charge is -2.33. The average Bonchev–Trinajstić information content (AvgIpc) is 2.25. The van der Waals surface area contributed by atoms with Gasteiger partial charge in [0.15, 0.2) is 0 Å². The molecule has 0 aromatic heterocycles. The zero-order valence-corrected chi connectivity index (χ0v) is 10.3. The summed E-state index contributed by atoms with van der Waals surface area (Å²) in [5, 5.41) is 12.9. The van der Waals surface area contributed by atoms with Gasteiger partial charge in [-0.1, -0.05) is 19.8 Å². The molecule has 1 fully saturated rings. The van der Waals surface area contributed by atoms with Crippen molar-refractivity contribution < 1.29 is 9.90 Å². The molecule has 0 aromatic carbocycles. The number of aliphatic carboxylic acids is 1. The van der Waals surface area contributed by atoms with Crippen LogP contribution in [0.2, 0.25) is 0 Å². The minimum atomic E-state index is -0.720. The number of carboxylic acid groups (broad SMARTS) is 1. The lowest BCUT2D eigenvalue weighted by atomic mass is 9.94. The minimum Gasteiger partial charge on any atom is -0.480 e. The number of carbonyl (C=O) groups is 1. The number of carboxylic acids is 1. The normalized spacial score (nSPS) is 28.7. The Kier molecular flexibility index (Phi) is 5.47. The zero-order valence-electron chi connectivity index (χ0n) is 9.53. The van der Waals surface area contributed by atoms with Gasteiger partial charge in [0.05, 0.1) is 0 Å². The van der Waals surface area contributed by atoms with Gasteiger partial charge in [0.2, 0.25) is 0 Å². The molecule has 1 rings (SSSR count). The van der Waals surface area contributed by atoms with Crippen molar-refractivity contribution in [1.29, 1.82) is 0 Å². The van der Waals surface area contributed by atoms with Crippen LogP contribution in [0.1, 0.15) is 39.0 Å². The van der Waals surface area contributed by atoms with E-state index in [9.17, 15) is 4.79 Å². The van der Waals surface area contributed by atoms with Gasteiger partial charge in [0.25, 0.3) is 0 Å². The summed E-state index contributed by atoms with van der Waals surface area (Å²) in [6.45, 7) is 1.92. The summed E-state index contributed by atoms with van der Waals surface area (Å²) in [6, 6.07) is 0.0116. The second kappa shape index (κ2) is 6.38. The van der Waals surface area contributed by atoms with Crippen molar-refractivity contribution >= 4 is 17.7 Å². The first-order chi connectivity index (χ1) is 7.19. The molecule has 0 radical (unpaired) electrons. The van der Waals surface area contributed by atoms with E-state index in [0.717, 1.165) is 6.42 Å². The molecular formula is C11H21NO2S. The fourth-order valence-electron chi connectivity index (χ4n) is 2.19. The van der Waals surface area contributed by atoms with Gasteiger partial charge < -0.3 is 10.4 Å². The van der Waals surface area contributed by atoms with Gasteiger partial charge in [-0.15, -0.1) is 0 Å². The maximum absolute atomic E-state index is 10.9. The van der Waals surface area contributed by atoms with Crippen LogP contribution in [0.15, 0.2) is 0 Å². The van der Waals surface area contributed by atoms with Crippen LogP contribution in [-0.2, 0) is 4.79 Å². The van der Waals surface area contributed by atoms with Crippen LogP contribution in [0.4, 0.5) is 0 Å². The van der Waals surface area contributed by atoms with Gasteiger partial charge >= 0.3 is 5.97 Å². The smallest absolute Gasteiger partial charge is 0.320 e. The molecule has 1 aliphatic rings. The van der Waals surface area contributed by atoms with Crippen molar-refractivity contribution in [2.24, 2.45) is 0 Å². The number of thioether (sulfide) groups is 1. The number of nitrogens with one attached hydrogen (secondary N) is 1. The van der Waals surface area contributed by atoms with Crippen LogP contribution in [0.25, 0.3) is 0 Å². The summed E-state index contributed by atoms with van der Waals surface area (Å²) in [4.78, 5) is 10.9. The van der Waals surface area contributed by atoms with Crippen LogP contribution in [0.5, 0.6) is 0 Å². The fourth-order valence-corrected chi connectivity index (χ4v) is 3.14. The molecule has 1 aliphatic carbocycles. The molecule has 0 heterocycles. The molecule has 0 spiro atoms. The number of hydrogen-bond donors (Lipinski definition) is 2. The van der Waals surface area contributed by atoms with Crippen molar-refractivity contribution in [1.82, 2.24) is 5.32 Å². The summed E-state index contributed by atoms with van der Waals surface area (Å²) in [5.74, 6) is -0.720. The zero-order chi connectivity index (χ0) is 11.3. The molecule has 2 N–H and O–H groups in total. The van der Waals surface area contributed by atoms with Crippen molar-refractivity contribution in [3.63, 3.8) is 0 Å². The highest BCUT2D eigenvalue weighted by molar-refractivity contribution is 7.99. The van der Waals surface area contributed by atoms with Gasteiger partial charge in [0, 0.05) is 11.3 Å². The van der Waals surface area contributed by atoms with Crippen LogP contribution >= 0.6 is 11.8 Å². The van der Waals surface area contributed by atoms with Crippen molar-refractivity contribution in [2.45, 2.75) is 56.4 Å². The van der Waals surface area contributed by atoms with Crippen molar-refractivity contribution in [3.8, 4) is 0 Å². The van der Waals surface area contributed by atoms with E-state index in [1.165, 1.54) is 19.3 Å². The lowest BCUT2D eigenvalue weighted by Crippen LogP contribution is -2.48. The topological polar surface area (TPSA) is 49.3 Å². The van der Waals surface area contributed by atoms with Gasteiger partial charge in [-0.2, -0.15) is 11.8 Å². The summed E-state index contributed by atoms with van der Waals surface area (Å²) in [6.07, 6.45) is 7.63. The third kappa shape index (κ3) is 3.68. The van der Waals surface area contributed by atoms with Gasteiger partial charge in [-0.05, 0) is 25.5 Å². The highest BCUT2D eigenvalue weighted by atomic mass is 32.2. The maximum Gasteiger partial charge on any atom is 0.320 e. The first kappa shape index (κ1) is 12.8. The fraction of sp³-hybridized carbons (Fsp3) is 0.909. The summed E-state index contributed by atoms with van der Waals surface area (Å²) in [5.41, 5.74) is 0. The molecule has 0 amide bonds. The van der Waals surface area contributed by atoms with Crippen molar-refractivity contribution in [2.75, 3.05) is 6.26 Å². The monoisotopic (exact) mass is 231 g/mol. The van der Waals surface area contributed by atoms with E-state index < -0.39 is 5.97 Å². The van der Waals surface area contributed by atoms with Crippen LogP contribution in [-0.4, -0.2) is 34.7 Å². The predicted octanol–water partition coefficient (Wildman–Crippen LogP) is 2.11. The van der Waals surface area contributed by atoms with Gasteiger partial charge in [-0.25, -0.2) is 0 Å². The largest absolute Gasteiger partial charge is 0.480 e. The molecule has 15 heavy (non-hydrogen) atoms. The van der Waals surface area contributed by atoms with Crippen LogP contribution < -0.4 is 5.32 Å². The molecular weight excluding hydrogens is 210 g/mol. The Labute approximate surface area is 96.0 Å². The van der Waals surface area contributed by atoms with E-state index in [1.807, 2.05) is 18.7 Å². The minimum absolute atomic E-state index is 0.372. The Morgan fingerprint density at radius 3 is 2.73 bits per heavy atom. The Morgan fingerprint density at radius 2 is 2.20 bits per heavy atom. The highest BCUT2D eigenvalue weighted by Crippen LogP contribution is 2.27. The van der Waals surface area contributed by atoms with E-state index in [1.54, 1.807) is 0 Å². The Bertz CT molecular complexity index is 211. The molecule has 0 aromatic rings. The van der Waals surface area contributed by atoms with E-state index >= 15 is 0 Å². The van der Waals surface area contributed by atoms with Crippen molar-refractivity contribution in [3.05, 3.63) is 0 Å². The van der Waals surface area contributed by atoms with Crippen LogP contribution in [0.3, 0.4) is 0 Å². The summed E-state index contributed by atoms with van der Waals surface area (Å²) >= 11 is 1.86. The van der Waals surface area contributed by atoms with E-state index in [-0.39, 0.29) is 6.04 Å². The molecule has 1 saturated carbocycles. The maximum atomic E-state index is 10.9. The third-order valence-electron chi connectivity index (χ3n) is 3.13. The highest BCUT2D eigenvalue weighted by Gasteiger charge is 2.27. The third-order valence-corrected chi connectivity index (χ3v) is 4.30. The number of rotatable bonds is 5. The first-order valence-corrected chi connectivity index (χ1v) is 6.99. The molecule has 88 valence electrons. The Balaban J connectivity index is 2.49. The SMILES string of the molecule is CCC(NC1CCCCC1SC)C(=O)O. The molecule has 0 aliphatic heterocycles. The first-order valence-electron chi connectivity index (χ1n) is 5.70. The van der Waals surface area contributed by atoms with E-state index in [4.69, 9.17) is 5.11 Å². The van der Waals surface area contributed by atoms with Crippen LogP contribution in [0, 0.1) is 0 Å². The average molecular weight is 231 g/mol. The van der Waals surface area contributed by atoms with Gasteiger partial charge in [0.1, 0.15) is 6.04 Å². The van der Waals surface area contributed by atoms with Gasteiger partial charge in [-0.3, -0.25) is 4.79 Å². The van der Waals surface area contributed by atoms with E-state index in [2.05, 4.69) is 11.6 Å². The Hall–Kier alpha value is -0.220. The van der Waals surface area contributed by atoms with E-state index in [0.29, 0.717) is 17.7 Å². The quantitative estimate of drug-likeness (QED) is 0.761. The molecule has 0 bridgehead atoms. The standard InChI is InChI=1S/C11H21NO2S/c1-3-8(11(13)14)12-9-6-4-5-7-10(9)15-2/h8-10,12H,3-7H2,1-2H3,(H,13,14).